The van der Waals surface area contributed by atoms with Crippen LogP contribution in [-0.2, 0) is 22.3 Å². The van der Waals surface area contributed by atoms with E-state index in [0.717, 1.165) is 5.56 Å². The number of sulfonamides is 1. The molecular weight excluding hydrogens is 414 g/mol. The molecule has 1 aromatic heterocycles. The molecular formula is C20H18ClN3O4S. The lowest BCUT2D eigenvalue weighted by Crippen LogP contribution is -2.27. The van der Waals surface area contributed by atoms with Gasteiger partial charge in [-0.2, -0.15) is 0 Å². The Morgan fingerprint density at radius 2 is 1.76 bits per heavy atom. The summed E-state index contributed by atoms with van der Waals surface area (Å²) < 4.78 is 27.2. The topological polar surface area (TPSA) is 99.6 Å². The van der Waals surface area contributed by atoms with Gasteiger partial charge in [-0.25, -0.2) is 13.5 Å². The number of nitrogens with zero attached hydrogens (tertiary/aromatic N) is 2. The molecule has 1 heterocycles. The zero-order valence-electron chi connectivity index (χ0n) is 15.2. The molecule has 0 atom stereocenters. The second kappa shape index (κ2) is 9.04. The van der Waals surface area contributed by atoms with E-state index in [1.165, 1.54) is 18.3 Å². The van der Waals surface area contributed by atoms with E-state index in [9.17, 15) is 18.4 Å². The molecule has 0 aliphatic heterocycles. The summed E-state index contributed by atoms with van der Waals surface area (Å²) in [6.45, 7) is -0.0218. The molecule has 0 radical (unpaired) electrons. The normalized spacial score (nSPS) is 11.1. The molecule has 3 aromatic rings. The SMILES string of the molecule is O=C(c1cc(NS(=O)(=O)Cc2cccc(Cl)c2)ccn1)N(O)Cc1ccccc1. The van der Waals surface area contributed by atoms with Gasteiger partial charge in [0.2, 0.25) is 10.0 Å². The molecule has 7 nitrogen and oxygen atoms in total. The van der Waals surface area contributed by atoms with Crippen LogP contribution >= 0.6 is 11.6 Å². The molecule has 0 aliphatic rings. The molecule has 3 rings (SSSR count). The quantitative estimate of drug-likeness (QED) is 0.439. The van der Waals surface area contributed by atoms with Crippen molar-refractivity contribution in [3.05, 3.63) is 94.8 Å². The highest BCUT2D eigenvalue weighted by Gasteiger charge is 2.18. The number of hydrogen-bond donors (Lipinski definition) is 2. The van der Waals surface area contributed by atoms with Gasteiger partial charge >= 0.3 is 0 Å². The largest absolute Gasteiger partial charge is 0.296 e. The van der Waals surface area contributed by atoms with Crippen LogP contribution in [0, 0.1) is 0 Å². The second-order valence-electron chi connectivity index (χ2n) is 6.27. The number of halogens is 1. The first-order valence-corrected chi connectivity index (χ1v) is 10.6. The van der Waals surface area contributed by atoms with Gasteiger partial charge < -0.3 is 0 Å². The molecule has 0 fully saturated rings. The summed E-state index contributed by atoms with van der Waals surface area (Å²) >= 11 is 5.89. The number of carbonyl (C=O) groups is 1. The number of nitrogens with one attached hydrogen (secondary N) is 1. The Morgan fingerprint density at radius 1 is 1.03 bits per heavy atom. The van der Waals surface area contributed by atoms with Crippen LogP contribution in [0.3, 0.4) is 0 Å². The standard InChI is InChI=1S/C20H18ClN3O4S/c21-17-8-4-7-16(11-17)14-29(27,28)23-18-9-10-22-19(12-18)20(25)24(26)13-15-5-2-1-3-6-15/h1-12,26H,13-14H2,(H,22,23). The Balaban J connectivity index is 1.70. The van der Waals surface area contributed by atoms with E-state index in [2.05, 4.69) is 9.71 Å². The summed E-state index contributed by atoms with van der Waals surface area (Å²) in [5.74, 6) is -1.02. The van der Waals surface area contributed by atoms with Crippen LogP contribution in [0.2, 0.25) is 5.02 Å². The number of amides is 1. The van der Waals surface area contributed by atoms with E-state index < -0.39 is 15.9 Å². The maximum absolute atomic E-state index is 12.4. The van der Waals surface area contributed by atoms with E-state index in [1.54, 1.807) is 48.5 Å². The van der Waals surface area contributed by atoms with Crippen molar-refractivity contribution in [2.75, 3.05) is 4.72 Å². The third-order valence-corrected chi connectivity index (χ3v) is 5.40. The van der Waals surface area contributed by atoms with Crippen molar-refractivity contribution in [3.63, 3.8) is 0 Å². The Hall–Kier alpha value is -2.94. The monoisotopic (exact) mass is 431 g/mol. The zero-order chi connectivity index (χ0) is 20.9. The van der Waals surface area contributed by atoms with Crippen molar-refractivity contribution in [3.8, 4) is 0 Å². The first-order valence-electron chi connectivity index (χ1n) is 8.58. The first kappa shape index (κ1) is 20.8. The average Bonchev–Trinajstić information content (AvgIpc) is 2.67. The molecule has 0 saturated carbocycles. The lowest BCUT2D eigenvalue weighted by Gasteiger charge is -2.15. The Morgan fingerprint density at radius 3 is 2.48 bits per heavy atom. The van der Waals surface area contributed by atoms with E-state index in [-0.39, 0.29) is 23.7 Å². The fourth-order valence-corrected chi connectivity index (χ4v) is 4.02. The van der Waals surface area contributed by atoms with Gasteiger partial charge in [0.1, 0.15) is 5.69 Å². The minimum Gasteiger partial charge on any atom is -0.285 e. The molecule has 1 amide bonds. The maximum Gasteiger partial charge on any atom is 0.296 e. The molecule has 0 saturated heterocycles. The van der Waals surface area contributed by atoms with Crippen LogP contribution < -0.4 is 4.72 Å². The Labute approximate surface area is 173 Å². The summed E-state index contributed by atoms with van der Waals surface area (Å²) in [5.41, 5.74) is 1.34. The van der Waals surface area contributed by atoms with Crippen molar-refractivity contribution in [2.24, 2.45) is 0 Å². The number of rotatable bonds is 7. The molecule has 150 valence electrons. The fourth-order valence-electron chi connectivity index (χ4n) is 2.63. The molecule has 0 aliphatic carbocycles. The maximum atomic E-state index is 12.4. The Kier molecular flexibility index (Phi) is 6.48. The zero-order valence-corrected chi connectivity index (χ0v) is 16.8. The van der Waals surface area contributed by atoms with Crippen LogP contribution in [0.15, 0.2) is 72.9 Å². The number of anilines is 1. The number of aromatic nitrogens is 1. The van der Waals surface area contributed by atoms with Crippen LogP contribution in [0.4, 0.5) is 5.69 Å². The first-order chi connectivity index (χ1) is 13.8. The molecule has 0 spiro atoms. The van der Waals surface area contributed by atoms with Crippen molar-refractivity contribution in [1.29, 1.82) is 0 Å². The third-order valence-electron chi connectivity index (χ3n) is 3.91. The highest BCUT2D eigenvalue weighted by atomic mass is 35.5. The van der Waals surface area contributed by atoms with Gasteiger partial charge in [0, 0.05) is 11.2 Å². The average molecular weight is 432 g/mol. The lowest BCUT2D eigenvalue weighted by molar-refractivity contribution is -0.0652. The van der Waals surface area contributed by atoms with Gasteiger partial charge in [-0.1, -0.05) is 54.1 Å². The van der Waals surface area contributed by atoms with Gasteiger partial charge in [-0.15, -0.1) is 0 Å². The van der Waals surface area contributed by atoms with E-state index >= 15 is 0 Å². The highest BCUT2D eigenvalue weighted by molar-refractivity contribution is 7.91. The second-order valence-corrected chi connectivity index (χ2v) is 8.43. The van der Waals surface area contributed by atoms with Crippen molar-refractivity contribution >= 4 is 33.2 Å². The smallest absolute Gasteiger partial charge is 0.285 e. The summed E-state index contributed by atoms with van der Waals surface area (Å²) in [4.78, 5) is 16.3. The van der Waals surface area contributed by atoms with Crippen LogP contribution in [0.25, 0.3) is 0 Å². The predicted molar refractivity (Wildman–Crippen MR) is 110 cm³/mol. The van der Waals surface area contributed by atoms with Crippen LogP contribution in [0.5, 0.6) is 0 Å². The molecule has 2 aromatic carbocycles. The number of benzene rings is 2. The van der Waals surface area contributed by atoms with Crippen LogP contribution in [0.1, 0.15) is 21.6 Å². The van der Waals surface area contributed by atoms with Crippen LogP contribution in [-0.4, -0.2) is 29.6 Å². The van der Waals surface area contributed by atoms with Crippen molar-refractivity contribution in [2.45, 2.75) is 12.3 Å². The van der Waals surface area contributed by atoms with Gasteiger partial charge in [0.25, 0.3) is 5.91 Å². The van der Waals surface area contributed by atoms with Gasteiger partial charge in [0.05, 0.1) is 18.0 Å². The number of pyridine rings is 1. The summed E-state index contributed by atoms with van der Waals surface area (Å²) in [6, 6.07) is 18.2. The molecule has 2 N–H and O–H groups in total. The van der Waals surface area contributed by atoms with Gasteiger partial charge in [-0.05, 0) is 35.4 Å². The molecule has 0 bridgehead atoms. The minimum atomic E-state index is -3.74. The van der Waals surface area contributed by atoms with E-state index in [1.807, 2.05) is 6.07 Å². The van der Waals surface area contributed by atoms with E-state index in [0.29, 0.717) is 15.6 Å². The summed E-state index contributed by atoms with van der Waals surface area (Å²) in [5, 5.41) is 11.0. The minimum absolute atomic E-state index is 0.0218. The highest BCUT2D eigenvalue weighted by Crippen LogP contribution is 2.17. The molecule has 29 heavy (non-hydrogen) atoms. The molecule has 0 unspecified atom stereocenters. The molecule has 9 heteroatoms. The lowest BCUT2D eigenvalue weighted by atomic mass is 10.2. The predicted octanol–water partition coefficient (Wildman–Crippen LogP) is 3.71. The van der Waals surface area contributed by atoms with E-state index in [4.69, 9.17) is 11.6 Å². The number of hydrogen-bond acceptors (Lipinski definition) is 5. The third kappa shape index (κ3) is 6.02. The van der Waals surface area contributed by atoms with Gasteiger partial charge in [0.15, 0.2) is 0 Å². The fraction of sp³-hybridized carbons (Fsp3) is 0.100. The van der Waals surface area contributed by atoms with Gasteiger partial charge in [-0.3, -0.25) is 19.7 Å². The van der Waals surface area contributed by atoms with Crippen molar-refractivity contribution < 1.29 is 18.4 Å². The summed E-state index contributed by atoms with van der Waals surface area (Å²) in [7, 11) is -3.74. The van der Waals surface area contributed by atoms with Crippen molar-refractivity contribution in [1.82, 2.24) is 10.0 Å². The Bertz CT molecular complexity index is 1110. The number of carbonyl (C=O) groups excluding carboxylic acids is 1. The summed E-state index contributed by atoms with van der Waals surface area (Å²) in [6.07, 6.45) is 1.29. The number of hydroxylamine groups is 2.